The maximum atomic E-state index is 13.1. The lowest BCUT2D eigenvalue weighted by atomic mass is 10.1. The number of benzene rings is 2. The van der Waals surface area contributed by atoms with Gasteiger partial charge in [-0.3, -0.25) is 9.59 Å². The first-order chi connectivity index (χ1) is 12.6. The van der Waals surface area contributed by atoms with E-state index < -0.39 is 12.1 Å². The lowest BCUT2D eigenvalue weighted by Gasteiger charge is -2.21. The fourth-order valence-electron chi connectivity index (χ4n) is 3.95. The smallest absolute Gasteiger partial charge is 0.263 e. The van der Waals surface area contributed by atoms with E-state index in [1.54, 1.807) is 18.2 Å². The van der Waals surface area contributed by atoms with Crippen LogP contribution in [0.4, 0.5) is 11.4 Å². The van der Waals surface area contributed by atoms with Gasteiger partial charge in [0.2, 0.25) is 0 Å². The Morgan fingerprint density at radius 1 is 1.00 bits per heavy atom. The minimum Gasteiger partial charge on any atom is -0.271 e. The molecule has 0 bridgehead atoms. The summed E-state index contributed by atoms with van der Waals surface area (Å²) in [5, 5.41) is 10.0. The molecule has 2 aliphatic heterocycles. The summed E-state index contributed by atoms with van der Waals surface area (Å²) >= 11 is 6.24. The summed E-state index contributed by atoms with van der Waals surface area (Å²) in [6.45, 7) is 0. The summed E-state index contributed by atoms with van der Waals surface area (Å²) in [5.41, 5.74) is 3.70. The van der Waals surface area contributed by atoms with Crippen molar-refractivity contribution in [2.75, 3.05) is 9.91 Å². The summed E-state index contributed by atoms with van der Waals surface area (Å²) in [6.07, 6.45) is 3.15. The predicted octanol–water partition coefficient (Wildman–Crippen LogP) is 3.33. The van der Waals surface area contributed by atoms with E-state index >= 15 is 0 Å². The minimum atomic E-state index is -0.827. The number of hydrogen-bond acceptors (Lipinski definition) is 5. The van der Waals surface area contributed by atoms with Crippen LogP contribution in [0.15, 0.2) is 52.8 Å². The van der Waals surface area contributed by atoms with Crippen LogP contribution in [0.1, 0.15) is 17.5 Å². The third-order valence-corrected chi connectivity index (χ3v) is 5.54. The van der Waals surface area contributed by atoms with E-state index in [1.165, 1.54) is 21.0 Å². The van der Waals surface area contributed by atoms with Crippen molar-refractivity contribution in [3.05, 3.63) is 58.6 Å². The third kappa shape index (κ3) is 2.12. The van der Waals surface area contributed by atoms with Gasteiger partial charge in [0.05, 0.1) is 16.4 Å². The number of amides is 2. The van der Waals surface area contributed by atoms with E-state index in [9.17, 15) is 9.59 Å². The average molecular weight is 367 g/mol. The first kappa shape index (κ1) is 15.5. The molecule has 130 valence electrons. The first-order valence-corrected chi connectivity index (χ1v) is 8.97. The van der Waals surface area contributed by atoms with Crippen LogP contribution in [0.3, 0.4) is 0 Å². The fraction of sp³-hybridized carbons (Fsp3) is 0.263. The maximum Gasteiger partial charge on any atom is 0.263 e. The van der Waals surface area contributed by atoms with Crippen LogP contribution in [-0.4, -0.2) is 23.9 Å². The molecule has 2 aromatic carbocycles. The molecule has 26 heavy (non-hydrogen) atoms. The van der Waals surface area contributed by atoms with Crippen molar-refractivity contribution in [1.82, 2.24) is 0 Å². The van der Waals surface area contributed by atoms with Crippen LogP contribution in [-0.2, 0) is 22.4 Å². The first-order valence-electron chi connectivity index (χ1n) is 8.59. The number of aryl methyl sites for hydroxylation is 2. The Balaban J connectivity index is 1.52. The standard InChI is InChI=1S/C19H15ClN4O2/c20-14-6-1-2-7-15(14)24-17-16(21-22-24)18(25)23(19(17)26)13-9-8-11-4-3-5-12(11)10-13/h1-2,6-10,16-17H,3-5H2. The van der Waals surface area contributed by atoms with E-state index in [1.807, 2.05) is 24.3 Å². The van der Waals surface area contributed by atoms with Gasteiger partial charge in [0.1, 0.15) is 0 Å². The molecule has 2 aromatic rings. The number of carbonyl (C=O) groups excluding carboxylic acids is 2. The van der Waals surface area contributed by atoms with Gasteiger partial charge in [-0.1, -0.05) is 35.0 Å². The molecule has 0 radical (unpaired) electrons. The Hall–Kier alpha value is -2.73. The van der Waals surface area contributed by atoms with E-state index in [4.69, 9.17) is 11.6 Å². The van der Waals surface area contributed by atoms with Crippen molar-refractivity contribution in [3.63, 3.8) is 0 Å². The number of fused-ring (bicyclic) bond motifs is 2. The van der Waals surface area contributed by atoms with E-state index in [0.717, 1.165) is 19.3 Å². The highest BCUT2D eigenvalue weighted by atomic mass is 35.5. The molecule has 5 rings (SSSR count). The maximum absolute atomic E-state index is 13.1. The third-order valence-electron chi connectivity index (χ3n) is 5.22. The van der Waals surface area contributed by atoms with Gasteiger partial charge in [0, 0.05) is 0 Å². The number of carbonyl (C=O) groups is 2. The van der Waals surface area contributed by atoms with Gasteiger partial charge in [-0.25, -0.2) is 9.91 Å². The minimum absolute atomic E-state index is 0.317. The molecular weight excluding hydrogens is 352 g/mol. The quantitative estimate of drug-likeness (QED) is 0.766. The lowest BCUT2D eigenvalue weighted by Crippen LogP contribution is -2.40. The van der Waals surface area contributed by atoms with E-state index in [-0.39, 0.29) is 11.8 Å². The van der Waals surface area contributed by atoms with Crippen molar-refractivity contribution >= 4 is 34.8 Å². The van der Waals surface area contributed by atoms with Crippen molar-refractivity contribution in [3.8, 4) is 0 Å². The second kappa shape index (κ2) is 5.64. The zero-order valence-electron chi connectivity index (χ0n) is 13.8. The fourth-order valence-corrected chi connectivity index (χ4v) is 4.17. The molecule has 6 nitrogen and oxygen atoms in total. The summed E-state index contributed by atoms with van der Waals surface area (Å²) in [6, 6.07) is 11.3. The zero-order valence-corrected chi connectivity index (χ0v) is 14.6. The van der Waals surface area contributed by atoms with Gasteiger partial charge in [-0.15, -0.1) is 0 Å². The molecule has 0 spiro atoms. The van der Waals surface area contributed by atoms with E-state index in [2.05, 4.69) is 10.3 Å². The number of nitrogens with zero attached hydrogens (tertiary/aromatic N) is 4. The molecule has 0 saturated carbocycles. The number of para-hydroxylation sites is 1. The highest BCUT2D eigenvalue weighted by Crippen LogP contribution is 2.38. The molecular formula is C19H15ClN4O2. The number of imide groups is 1. The molecule has 2 heterocycles. The number of rotatable bonds is 2. The van der Waals surface area contributed by atoms with Crippen molar-refractivity contribution in [2.24, 2.45) is 10.3 Å². The normalized spacial score (nSPS) is 23.7. The topological polar surface area (TPSA) is 65.3 Å². The largest absolute Gasteiger partial charge is 0.271 e. The molecule has 0 aromatic heterocycles. The SMILES string of the molecule is O=C1C2N=NN(c3ccccc3Cl)C2C(=O)N1c1ccc2c(c1)CCC2. The molecule has 2 atom stereocenters. The number of hydrogen-bond donors (Lipinski definition) is 0. The molecule has 2 unspecified atom stereocenters. The highest BCUT2D eigenvalue weighted by Gasteiger charge is 2.55. The van der Waals surface area contributed by atoms with Gasteiger partial charge in [-0.05, 0) is 54.7 Å². The Labute approximate surface area is 155 Å². The molecule has 3 aliphatic rings. The molecule has 7 heteroatoms. The highest BCUT2D eigenvalue weighted by molar-refractivity contribution is 6.33. The zero-order chi connectivity index (χ0) is 17.8. The van der Waals surface area contributed by atoms with Crippen molar-refractivity contribution in [1.29, 1.82) is 0 Å². The summed E-state index contributed by atoms with van der Waals surface area (Å²) in [5.74, 6) is -0.654. The second-order valence-corrected chi connectivity index (χ2v) is 7.12. The summed E-state index contributed by atoms with van der Waals surface area (Å²) < 4.78 is 0. The summed E-state index contributed by atoms with van der Waals surface area (Å²) in [7, 11) is 0. The van der Waals surface area contributed by atoms with Gasteiger partial charge in [0.25, 0.3) is 11.8 Å². The predicted molar refractivity (Wildman–Crippen MR) is 97.3 cm³/mol. The Morgan fingerprint density at radius 2 is 1.81 bits per heavy atom. The second-order valence-electron chi connectivity index (χ2n) is 6.71. The lowest BCUT2D eigenvalue weighted by molar-refractivity contribution is -0.121. The Kier molecular flexibility index (Phi) is 3.37. The molecule has 2 amide bonds. The van der Waals surface area contributed by atoms with Crippen molar-refractivity contribution < 1.29 is 9.59 Å². The van der Waals surface area contributed by atoms with Gasteiger partial charge in [-0.2, -0.15) is 5.11 Å². The van der Waals surface area contributed by atoms with Crippen molar-refractivity contribution in [2.45, 2.75) is 31.3 Å². The molecule has 1 saturated heterocycles. The van der Waals surface area contributed by atoms with Crippen LogP contribution >= 0.6 is 11.6 Å². The van der Waals surface area contributed by atoms with Crippen LogP contribution in [0.25, 0.3) is 0 Å². The summed E-state index contributed by atoms with van der Waals surface area (Å²) in [4.78, 5) is 27.2. The van der Waals surface area contributed by atoms with E-state index in [0.29, 0.717) is 16.4 Å². The van der Waals surface area contributed by atoms with Gasteiger partial charge >= 0.3 is 0 Å². The number of anilines is 2. The van der Waals surface area contributed by atoms with Crippen LogP contribution in [0.5, 0.6) is 0 Å². The molecule has 1 fully saturated rings. The molecule has 1 aliphatic carbocycles. The average Bonchev–Trinajstić information content (AvgIpc) is 3.33. The van der Waals surface area contributed by atoms with Crippen LogP contribution in [0, 0.1) is 0 Å². The Bertz CT molecular complexity index is 974. The molecule has 0 N–H and O–H groups in total. The van der Waals surface area contributed by atoms with Gasteiger partial charge < -0.3 is 0 Å². The monoisotopic (exact) mass is 366 g/mol. The number of halogens is 1. The van der Waals surface area contributed by atoms with Crippen LogP contribution in [0.2, 0.25) is 5.02 Å². The Morgan fingerprint density at radius 3 is 2.65 bits per heavy atom. The van der Waals surface area contributed by atoms with Gasteiger partial charge in [0.15, 0.2) is 12.1 Å². The van der Waals surface area contributed by atoms with Crippen LogP contribution < -0.4 is 9.91 Å².